The highest BCUT2D eigenvalue weighted by Gasteiger charge is 2.16. The van der Waals surface area contributed by atoms with Crippen LogP contribution in [0.15, 0.2) is 73.2 Å². The van der Waals surface area contributed by atoms with Crippen molar-refractivity contribution in [1.82, 2.24) is 9.55 Å². The molecule has 3 aromatic carbocycles. The summed E-state index contributed by atoms with van der Waals surface area (Å²) in [4.78, 5) is 4.04. The number of hydrogen-bond donors (Lipinski definition) is 1. The number of aliphatic hydroxyl groups excluding tert-OH is 1. The van der Waals surface area contributed by atoms with Crippen LogP contribution in [-0.2, 0) is 7.05 Å². The number of ether oxygens (including phenoxy) is 1. The van der Waals surface area contributed by atoms with E-state index in [2.05, 4.69) is 11.1 Å². The molecule has 5 heteroatoms. The topological polar surface area (TPSA) is 71.1 Å². The first-order valence-electron chi connectivity index (χ1n) is 8.50. The zero-order chi connectivity index (χ0) is 18.8. The van der Waals surface area contributed by atoms with Crippen LogP contribution in [0.3, 0.4) is 0 Å². The SMILES string of the molecule is Cn1cncc1C(O)c1ccc(C#N)c(Oc2ccc3ccccc3c2)c1. The third-order valence-electron chi connectivity index (χ3n) is 4.52. The predicted octanol–water partition coefficient (Wildman–Crippen LogP) is 4.32. The molecule has 5 nitrogen and oxygen atoms in total. The molecule has 0 bridgehead atoms. The summed E-state index contributed by atoms with van der Waals surface area (Å²) in [5.74, 6) is 1.05. The van der Waals surface area contributed by atoms with Crippen molar-refractivity contribution in [3.8, 4) is 17.6 Å². The van der Waals surface area contributed by atoms with Crippen LogP contribution < -0.4 is 4.74 Å². The minimum Gasteiger partial charge on any atom is -0.456 e. The van der Waals surface area contributed by atoms with E-state index in [0.29, 0.717) is 28.3 Å². The Morgan fingerprint density at radius 2 is 1.89 bits per heavy atom. The maximum atomic E-state index is 10.7. The van der Waals surface area contributed by atoms with Gasteiger partial charge in [0, 0.05) is 7.05 Å². The van der Waals surface area contributed by atoms with Crippen molar-refractivity contribution in [2.24, 2.45) is 7.05 Å². The van der Waals surface area contributed by atoms with Gasteiger partial charge in [0.2, 0.25) is 0 Å². The zero-order valence-electron chi connectivity index (χ0n) is 14.7. The van der Waals surface area contributed by atoms with Gasteiger partial charge >= 0.3 is 0 Å². The summed E-state index contributed by atoms with van der Waals surface area (Å²) < 4.78 is 7.75. The first-order valence-corrected chi connectivity index (χ1v) is 8.50. The summed E-state index contributed by atoms with van der Waals surface area (Å²) in [6, 6.07) is 21.0. The fraction of sp³-hybridized carbons (Fsp3) is 0.0909. The van der Waals surface area contributed by atoms with Gasteiger partial charge in [0.15, 0.2) is 0 Å². The van der Waals surface area contributed by atoms with Crippen LogP contribution in [0.25, 0.3) is 10.8 Å². The maximum Gasteiger partial charge on any atom is 0.145 e. The number of aromatic nitrogens is 2. The lowest BCUT2D eigenvalue weighted by Gasteiger charge is -2.14. The Morgan fingerprint density at radius 3 is 2.63 bits per heavy atom. The molecule has 4 rings (SSSR count). The van der Waals surface area contributed by atoms with E-state index in [0.717, 1.165) is 10.8 Å². The highest BCUT2D eigenvalue weighted by atomic mass is 16.5. The second kappa shape index (κ2) is 6.94. The van der Waals surface area contributed by atoms with Crippen LogP contribution in [0, 0.1) is 11.3 Å². The van der Waals surface area contributed by atoms with Gasteiger partial charge in [-0.1, -0.05) is 36.4 Å². The summed E-state index contributed by atoms with van der Waals surface area (Å²) in [5, 5.41) is 22.2. The van der Waals surface area contributed by atoms with E-state index < -0.39 is 6.10 Å². The number of nitriles is 1. The number of benzene rings is 3. The molecule has 0 aliphatic heterocycles. The van der Waals surface area contributed by atoms with Gasteiger partial charge in [0.05, 0.1) is 23.8 Å². The lowest BCUT2D eigenvalue weighted by Crippen LogP contribution is -2.05. The summed E-state index contributed by atoms with van der Waals surface area (Å²) in [7, 11) is 1.82. The number of rotatable bonds is 4. The number of nitrogens with zero attached hydrogens (tertiary/aromatic N) is 3. The van der Waals surface area contributed by atoms with E-state index >= 15 is 0 Å². The molecule has 0 saturated heterocycles. The Labute approximate surface area is 156 Å². The molecule has 0 saturated carbocycles. The van der Waals surface area contributed by atoms with Crippen LogP contribution >= 0.6 is 0 Å². The normalized spacial score (nSPS) is 11.9. The molecule has 1 N–H and O–H groups in total. The maximum absolute atomic E-state index is 10.7. The Balaban J connectivity index is 1.70. The molecule has 1 unspecified atom stereocenters. The molecule has 0 spiro atoms. The summed E-state index contributed by atoms with van der Waals surface area (Å²) in [6.45, 7) is 0. The van der Waals surface area contributed by atoms with Gasteiger partial charge in [0.1, 0.15) is 23.7 Å². The number of fused-ring (bicyclic) bond motifs is 1. The molecule has 0 radical (unpaired) electrons. The van der Waals surface area contributed by atoms with Crippen LogP contribution in [0.5, 0.6) is 11.5 Å². The Kier molecular flexibility index (Phi) is 4.33. The van der Waals surface area contributed by atoms with Crippen molar-refractivity contribution in [3.05, 3.63) is 90.0 Å². The third-order valence-corrected chi connectivity index (χ3v) is 4.52. The van der Waals surface area contributed by atoms with E-state index in [1.54, 1.807) is 35.3 Å². The molecule has 132 valence electrons. The quantitative estimate of drug-likeness (QED) is 0.592. The molecule has 4 aromatic rings. The van der Waals surface area contributed by atoms with Gasteiger partial charge in [-0.2, -0.15) is 5.26 Å². The van der Waals surface area contributed by atoms with E-state index in [-0.39, 0.29) is 0 Å². The smallest absolute Gasteiger partial charge is 0.145 e. The van der Waals surface area contributed by atoms with Crippen molar-refractivity contribution in [2.45, 2.75) is 6.10 Å². The lowest BCUT2D eigenvalue weighted by molar-refractivity contribution is 0.211. The number of aryl methyl sites for hydroxylation is 1. The first kappa shape index (κ1) is 16.8. The second-order valence-electron chi connectivity index (χ2n) is 6.31. The van der Waals surface area contributed by atoms with Gasteiger partial charge in [-0.25, -0.2) is 4.98 Å². The summed E-state index contributed by atoms with van der Waals surface area (Å²) in [5.41, 5.74) is 1.70. The Morgan fingerprint density at radius 1 is 1.07 bits per heavy atom. The highest BCUT2D eigenvalue weighted by Crippen LogP contribution is 2.31. The average Bonchev–Trinajstić information content (AvgIpc) is 3.13. The average molecular weight is 355 g/mol. The van der Waals surface area contributed by atoms with Crippen molar-refractivity contribution < 1.29 is 9.84 Å². The molecular formula is C22H17N3O2. The molecule has 0 aliphatic carbocycles. The van der Waals surface area contributed by atoms with E-state index in [9.17, 15) is 10.4 Å². The largest absolute Gasteiger partial charge is 0.456 e. The second-order valence-corrected chi connectivity index (χ2v) is 6.31. The van der Waals surface area contributed by atoms with Crippen LogP contribution in [0.2, 0.25) is 0 Å². The molecule has 0 amide bonds. The van der Waals surface area contributed by atoms with E-state index in [1.807, 2.05) is 49.5 Å². The number of hydrogen-bond acceptors (Lipinski definition) is 4. The summed E-state index contributed by atoms with van der Waals surface area (Å²) >= 11 is 0. The molecular weight excluding hydrogens is 338 g/mol. The van der Waals surface area contributed by atoms with Gasteiger partial charge in [-0.3, -0.25) is 0 Å². The molecule has 0 fully saturated rings. The minimum absolute atomic E-state index is 0.407. The van der Waals surface area contributed by atoms with Gasteiger partial charge < -0.3 is 14.4 Å². The first-order chi connectivity index (χ1) is 13.2. The van der Waals surface area contributed by atoms with Crippen LogP contribution in [0.1, 0.15) is 22.9 Å². The monoisotopic (exact) mass is 355 g/mol. The number of aliphatic hydroxyl groups is 1. The summed E-state index contributed by atoms with van der Waals surface area (Å²) in [6.07, 6.45) is 2.39. The van der Waals surface area contributed by atoms with E-state index in [4.69, 9.17) is 4.74 Å². The fourth-order valence-corrected chi connectivity index (χ4v) is 3.05. The minimum atomic E-state index is -0.857. The van der Waals surface area contributed by atoms with Crippen molar-refractivity contribution in [2.75, 3.05) is 0 Å². The number of imidazole rings is 1. The molecule has 0 aliphatic rings. The fourth-order valence-electron chi connectivity index (χ4n) is 3.05. The van der Waals surface area contributed by atoms with Gasteiger partial charge in [0.25, 0.3) is 0 Å². The van der Waals surface area contributed by atoms with Crippen molar-refractivity contribution in [3.63, 3.8) is 0 Å². The molecule has 1 heterocycles. The predicted molar refractivity (Wildman–Crippen MR) is 102 cm³/mol. The Hall–Kier alpha value is -3.62. The van der Waals surface area contributed by atoms with Gasteiger partial charge in [-0.15, -0.1) is 0 Å². The zero-order valence-corrected chi connectivity index (χ0v) is 14.7. The molecule has 1 atom stereocenters. The van der Waals surface area contributed by atoms with E-state index in [1.165, 1.54) is 0 Å². The third kappa shape index (κ3) is 3.26. The van der Waals surface area contributed by atoms with Crippen molar-refractivity contribution in [1.29, 1.82) is 5.26 Å². The van der Waals surface area contributed by atoms with Crippen molar-refractivity contribution >= 4 is 10.8 Å². The highest BCUT2D eigenvalue weighted by molar-refractivity contribution is 5.83. The van der Waals surface area contributed by atoms with Gasteiger partial charge in [-0.05, 0) is 40.6 Å². The lowest BCUT2D eigenvalue weighted by atomic mass is 10.0. The Bertz CT molecular complexity index is 1160. The standard InChI is InChI=1S/C22H17N3O2/c1-25-14-24-13-20(25)22(26)17-6-7-18(12-23)21(11-17)27-19-9-8-15-4-2-3-5-16(15)10-19/h2-11,13-14,22,26H,1H3. The van der Waals surface area contributed by atoms with Crippen LogP contribution in [0.4, 0.5) is 0 Å². The van der Waals surface area contributed by atoms with Crippen LogP contribution in [-0.4, -0.2) is 14.7 Å². The molecule has 27 heavy (non-hydrogen) atoms. The molecule has 1 aromatic heterocycles.